The average molecular weight is 399 g/mol. The predicted octanol–water partition coefficient (Wildman–Crippen LogP) is 5.03. The number of anilines is 2. The molecule has 0 radical (unpaired) electrons. The van der Waals surface area contributed by atoms with Crippen LogP contribution in [0.25, 0.3) is 0 Å². The summed E-state index contributed by atoms with van der Waals surface area (Å²) in [6.45, 7) is 4.66. The molecule has 1 aromatic carbocycles. The molecule has 1 amide bonds. The van der Waals surface area contributed by atoms with Crippen LogP contribution in [-0.2, 0) is 6.18 Å². The normalized spacial score (nSPS) is 24.6. The van der Waals surface area contributed by atoms with Gasteiger partial charge in [0.2, 0.25) is 0 Å². The molecule has 0 bridgehead atoms. The summed E-state index contributed by atoms with van der Waals surface area (Å²) < 4.78 is 39.8. The molecule has 2 unspecified atom stereocenters. The first-order chi connectivity index (χ1) is 13.3. The van der Waals surface area contributed by atoms with Gasteiger partial charge in [-0.05, 0) is 50.9 Å². The molecule has 5 nitrogen and oxygen atoms in total. The Morgan fingerprint density at radius 2 is 1.86 bits per heavy atom. The van der Waals surface area contributed by atoms with Crippen LogP contribution in [0.15, 0.2) is 18.2 Å². The summed E-state index contributed by atoms with van der Waals surface area (Å²) in [5.41, 5.74) is -0.907. The molecule has 1 aliphatic carbocycles. The second-order valence-electron chi connectivity index (χ2n) is 7.84. The zero-order valence-electron chi connectivity index (χ0n) is 16.1. The molecule has 8 heteroatoms. The second kappa shape index (κ2) is 8.59. The standard InChI is InChI=1S/C17H22F3N3O2.C3H6/c1-11-3-2-7-23(11)13-6-8-22(10-13)12-4-5-15(21-16(24)25)14(9-12)17(18,19)20;1-2-3-1/h4-5,9,11,13,21H,2-3,6-8,10H2,1H3,(H,24,25);1-3H2. The fourth-order valence-corrected chi connectivity index (χ4v) is 3.93. The van der Waals surface area contributed by atoms with Crippen LogP contribution in [0, 0.1) is 0 Å². The summed E-state index contributed by atoms with van der Waals surface area (Å²) in [5.74, 6) is 0. The highest BCUT2D eigenvalue weighted by atomic mass is 19.4. The number of rotatable bonds is 3. The van der Waals surface area contributed by atoms with Gasteiger partial charge in [0.1, 0.15) is 0 Å². The summed E-state index contributed by atoms with van der Waals surface area (Å²) in [4.78, 5) is 15.1. The van der Waals surface area contributed by atoms with Crippen molar-refractivity contribution in [3.05, 3.63) is 23.8 Å². The Morgan fingerprint density at radius 1 is 1.14 bits per heavy atom. The number of hydrogen-bond acceptors (Lipinski definition) is 3. The van der Waals surface area contributed by atoms with Crippen molar-refractivity contribution in [2.24, 2.45) is 0 Å². The Kier molecular flexibility index (Phi) is 6.37. The van der Waals surface area contributed by atoms with Gasteiger partial charge in [-0.15, -0.1) is 0 Å². The minimum absolute atomic E-state index is 0.364. The minimum atomic E-state index is -4.61. The number of benzene rings is 1. The number of hydrogen-bond donors (Lipinski definition) is 2. The summed E-state index contributed by atoms with van der Waals surface area (Å²) in [7, 11) is 0. The van der Waals surface area contributed by atoms with E-state index in [0.29, 0.717) is 30.9 Å². The van der Waals surface area contributed by atoms with Gasteiger partial charge in [-0.25, -0.2) is 4.79 Å². The quantitative estimate of drug-likeness (QED) is 0.749. The highest BCUT2D eigenvalue weighted by molar-refractivity contribution is 5.85. The van der Waals surface area contributed by atoms with Gasteiger partial charge in [-0.2, -0.15) is 13.2 Å². The van der Waals surface area contributed by atoms with E-state index in [1.807, 2.05) is 10.2 Å². The Hall–Kier alpha value is -1.96. The molecular weight excluding hydrogens is 371 g/mol. The van der Waals surface area contributed by atoms with Gasteiger partial charge >= 0.3 is 12.3 Å². The van der Waals surface area contributed by atoms with Crippen LogP contribution < -0.4 is 10.2 Å². The Labute approximate surface area is 163 Å². The van der Waals surface area contributed by atoms with E-state index < -0.39 is 23.5 Å². The van der Waals surface area contributed by atoms with Crippen LogP contribution in [0.4, 0.5) is 29.3 Å². The smallest absolute Gasteiger partial charge is 0.418 e. The van der Waals surface area contributed by atoms with E-state index in [1.165, 1.54) is 38.2 Å². The van der Waals surface area contributed by atoms with Crippen molar-refractivity contribution in [3.8, 4) is 0 Å². The van der Waals surface area contributed by atoms with Gasteiger partial charge in [-0.3, -0.25) is 10.2 Å². The fourth-order valence-electron chi connectivity index (χ4n) is 3.93. The number of carbonyl (C=O) groups is 1. The molecule has 0 spiro atoms. The maximum atomic E-state index is 13.3. The zero-order valence-corrected chi connectivity index (χ0v) is 16.1. The van der Waals surface area contributed by atoms with Crippen molar-refractivity contribution in [2.45, 2.75) is 63.7 Å². The maximum absolute atomic E-state index is 13.3. The summed E-state index contributed by atoms with van der Waals surface area (Å²) in [6.07, 6.45) is 1.65. The van der Waals surface area contributed by atoms with Crippen molar-refractivity contribution in [3.63, 3.8) is 0 Å². The van der Waals surface area contributed by atoms with Crippen molar-refractivity contribution in [2.75, 3.05) is 29.9 Å². The van der Waals surface area contributed by atoms with Gasteiger partial charge in [-0.1, -0.05) is 19.3 Å². The van der Waals surface area contributed by atoms with Gasteiger partial charge in [0.25, 0.3) is 0 Å². The minimum Gasteiger partial charge on any atom is -0.465 e. The molecule has 2 atom stereocenters. The van der Waals surface area contributed by atoms with E-state index in [9.17, 15) is 18.0 Å². The molecule has 28 heavy (non-hydrogen) atoms. The monoisotopic (exact) mass is 399 g/mol. The van der Waals surface area contributed by atoms with Crippen LogP contribution >= 0.6 is 0 Å². The lowest BCUT2D eigenvalue weighted by atomic mass is 10.1. The molecular formula is C20H28F3N3O2. The fraction of sp³-hybridized carbons (Fsp3) is 0.650. The number of halogens is 3. The predicted molar refractivity (Wildman–Crippen MR) is 103 cm³/mol. The number of nitrogens with one attached hydrogen (secondary N) is 1. The molecule has 156 valence electrons. The zero-order chi connectivity index (χ0) is 20.3. The van der Waals surface area contributed by atoms with E-state index >= 15 is 0 Å². The number of likely N-dealkylation sites (tertiary alicyclic amines) is 1. The van der Waals surface area contributed by atoms with E-state index in [2.05, 4.69) is 11.8 Å². The molecule has 2 aliphatic heterocycles. The number of carboxylic acid groups (broad SMARTS) is 1. The largest absolute Gasteiger partial charge is 0.465 e. The number of nitrogens with zero attached hydrogens (tertiary/aromatic N) is 2. The second-order valence-corrected chi connectivity index (χ2v) is 7.84. The van der Waals surface area contributed by atoms with Gasteiger partial charge < -0.3 is 10.0 Å². The third-order valence-corrected chi connectivity index (χ3v) is 5.51. The van der Waals surface area contributed by atoms with E-state index in [0.717, 1.165) is 19.0 Å². The average Bonchev–Trinajstić information content (AvgIpc) is 3.31. The third-order valence-electron chi connectivity index (χ3n) is 5.51. The first kappa shape index (κ1) is 20.8. The molecule has 2 N–H and O–H groups in total. The Balaban J connectivity index is 0.000000684. The van der Waals surface area contributed by atoms with Crippen molar-refractivity contribution >= 4 is 17.5 Å². The highest BCUT2D eigenvalue weighted by Crippen LogP contribution is 2.38. The summed E-state index contributed by atoms with van der Waals surface area (Å²) >= 11 is 0. The molecule has 3 aliphatic rings. The van der Waals surface area contributed by atoms with Gasteiger partial charge in [0, 0.05) is 30.9 Å². The first-order valence-electron chi connectivity index (χ1n) is 9.97. The topological polar surface area (TPSA) is 55.8 Å². The highest BCUT2D eigenvalue weighted by Gasteiger charge is 2.36. The lowest BCUT2D eigenvalue weighted by Gasteiger charge is -2.29. The molecule has 1 aromatic rings. The molecule has 4 rings (SSSR count). The van der Waals surface area contributed by atoms with E-state index in [4.69, 9.17) is 5.11 Å². The third kappa shape index (κ3) is 5.31. The number of amides is 1. The number of alkyl halides is 3. The molecule has 1 saturated carbocycles. The summed E-state index contributed by atoms with van der Waals surface area (Å²) in [5, 5.41) is 10.6. The van der Waals surface area contributed by atoms with Crippen molar-refractivity contribution < 1.29 is 23.1 Å². The SMILES string of the molecule is C1CC1.CC1CCCN1C1CCN(c2ccc(NC(=O)O)c(C(F)(F)F)c2)C1. The molecule has 3 fully saturated rings. The van der Waals surface area contributed by atoms with E-state index in [1.54, 1.807) is 6.07 Å². The van der Waals surface area contributed by atoms with Crippen molar-refractivity contribution in [1.82, 2.24) is 4.90 Å². The van der Waals surface area contributed by atoms with Crippen LogP contribution in [0.3, 0.4) is 0 Å². The lowest BCUT2D eigenvalue weighted by Crippen LogP contribution is -2.39. The van der Waals surface area contributed by atoms with E-state index in [-0.39, 0.29) is 0 Å². The molecule has 2 heterocycles. The van der Waals surface area contributed by atoms with Gasteiger partial charge in [0.15, 0.2) is 0 Å². The maximum Gasteiger partial charge on any atom is 0.418 e. The first-order valence-corrected chi connectivity index (χ1v) is 9.97. The molecule has 2 saturated heterocycles. The van der Waals surface area contributed by atoms with Crippen LogP contribution in [0.1, 0.15) is 51.0 Å². The van der Waals surface area contributed by atoms with Crippen LogP contribution in [-0.4, -0.2) is 47.8 Å². The molecule has 0 aromatic heterocycles. The van der Waals surface area contributed by atoms with Crippen LogP contribution in [0.2, 0.25) is 0 Å². The van der Waals surface area contributed by atoms with Crippen LogP contribution in [0.5, 0.6) is 0 Å². The summed E-state index contributed by atoms with van der Waals surface area (Å²) in [6, 6.07) is 4.68. The Bertz CT molecular complexity index is 691. The van der Waals surface area contributed by atoms with Crippen molar-refractivity contribution in [1.29, 1.82) is 0 Å². The van der Waals surface area contributed by atoms with Gasteiger partial charge in [0.05, 0.1) is 11.3 Å². The lowest BCUT2D eigenvalue weighted by molar-refractivity contribution is -0.136. The Morgan fingerprint density at radius 3 is 2.39 bits per heavy atom.